The van der Waals surface area contributed by atoms with Gasteiger partial charge in [0.1, 0.15) is 5.75 Å². The Balaban J connectivity index is 2.43. The molecule has 0 aromatic heterocycles. The van der Waals surface area contributed by atoms with Crippen molar-refractivity contribution in [1.82, 2.24) is 4.90 Å². The lowest BCUT2D eigenvalue weighted by Gasteiger charge is -2.27. The van der Waals surface area contributed by atoms with Crippen LogP contribution in [0.4, 0.5) is 0 Å². The molecule has 0 radical (unpaired) electrons. The quantitative estimate of drug-likeness (QED) is 0.826. The van der Waals surface area contributed by atoms with Crippen LogP contribution in [0.1, 0.15) is 22.7 Å². The molecule has 2 aromatic rings. The van der Waals surface area contributed by atoms with E-state index in [2.05, 4.69) is 62.3 Å². The third-order valence-corrected chi connectivity index (χ3v) is 3.43. The molecule has 0 aliphatic rings. The van der Waals surface area contributed by atoms with E-state index in [4.69, 9.17) is 4.74 Å². The molecule has 0 spiro atoms. The first-order valence-corrected chi connectivity index (χ1v) is 6.49. The molecule has 2 heteroatoms. The van der Waals surface area contributed by atoms with Gasteiger partial charge in [-0.25, -0.2) is 0 Å². The highest BCUT2D eigenvalue weighted by atomic mass is 16.5. The summed E-state index contributed by atoms with van der Waals surface area (Å²) in [6, 6.07) is 17.1. The van der Waals surface area contributed by atoms with Gasteiger partial charge < -0.3 is 4.74 Å². The minimum absolute atomic E-state index is 0.270. The Morgan fingerprint density at radius 1 is 0.947 bits per heavy atom. The Kier molecular flexibility index (Phi) is 4.23. The fraction of sp³-hybridized carbons (Fsp3) is 0.294. The molecule has 19 heavy (non-hydrogen) atoms. The second kappa shape index (κ2) is 5.89. The lowest BCUT2D eigenvalue weighted by Crippen LogP contribution is -2.21. The summed E-state index contributed by atoms with van der Waals surface area (Å²) in [5.74, 6) is 0.894. The molecule has 1 atom stereocenters. The minimum Gasteiger partial charge on any atom is -0.497 e. The standard InChI is InChI=1S/C17H21NO/c1-13-7-5-6-8-16(13)17(18(2)3)14-9-11-15(19-4)12-10-14/h5-12,17H,1-4H3. The Hall–Kier alpha value is -1.80. The zero-order chi connectivity index (χ0) is 13.8. The van der Waals surface area contributed by atoms with Crippen LogP contribution in [0.15, 0.2) is 48.5 Å². The monoisotopic (exact) mass is 255 g/mol. The summed E-state index contributed by atoms with van der Waals surface area (Å²) in [4.78, 5) is 2.24. The van der Waals surface area contributed by atoms with Crippen molar-refractivity contribution in [2.75, 3.05) is 21.2 Å². The van der Waals surface area contributed by atoms with E-state index in [0.29, 0.717) is 0 Å². The Morgan fingerprint density at radius 3 is 2.11 bits per heavy atom. The van der Waals surface area contributed by atoms with Crippen molar-refractivity contribution < 1.29 is 4.74 Å². The van der Waals surface area contributed by atoms with Gasteiger partial charge in [-0.15, -0.1) is 0 Å². The molecule has 2 nitrogen and oxygen atoms in total. The third kappa shape index (κ3) is 2.96. The van der Waals surface area contributed by atoms with E-state index < -0.39 is 0 Å². The van der Waals surface area contributed by atoms with Crippen molar-refractivity contribution in [3.8, 4) is 5.75 Å². The Morgan fingerprint density at radius 2 is 1.58 bits per heavy atom. The van der Waals surface area contributed by atoms with Gasteiger partial charge >= 0.3 is 0 Å². The molecular weight excluding hydrogens is 234 g/mol. The molecule has 2 aromatic carbocycles. The maximum Gasteiger partial charge on any atom is 0.118 e. The van der Waals surface area contributed by atoms with Gasteiger partial charge in [0.15, 0.2) is 0 Å². The SMILES string of the molecule is COc1ccc(C(c2ccccc2C)N(C)C)cc1. The van der Waals surface area contributed by atoms with E-state index >= 15 is 0 Å². The van der Waals surface area contributed by atoms with Gasteiger partial charge in [0.2, 0.25) is 0 Å². The lowest BCUT2D eigenvalue weighted by molar-refractivity contribution is 0.341. The molecular formula is C17H21NO. The fourth-order valence-corrected chi connectivity index (χ4v) is 2.44. The van der Waals surface area contributed by atoms with Crippen molar-refractivity contribution in [2.45, 2.75) is 13.0 Å². The Bertz CT molecular complexity index is 531. The molecule has 0 aliphatic heterocycles. The zero-order valence-electron chi connectivity index (χ0n) is 12.1. The van der Waals surface area contributed by atoms with Gasteiger partial charge in [-0.2, -0.15) is 0 Å². The molecule has 2 rings (SSSR count). The zero-order valence-corrected chi connectivity index (χ0v) is 12.1. The molecule has 0 saturated heterocycles. The van der Waals surface area contributed by atoms with Crippen LogP contribution < -0.4 is 4.74 Å². The molecule has 0 saturated carbocycles. The molecule has 0 aliphatic carbocycles. The number of nitrogens with zero attached hydrogens (tertiary/aromatic N) is 1. The molecule has 0 fully saturated rings. The summed E-state index contributed by atoms with van der Waals surface area (Å²) < 4.78 is 5.23. The van der Waals surface area contributed by atoms with E-state index in [0.717, 1.165) is 5.75 Å². The first kappa shape index (κ1) is 13.6. The highest BCUT2D eigenvalue weighted by Crippen LogP contribution is 2.29. The van der Waals surface area contributed by atoms with Crippen LogP contribution in [0.3, 0.4) is 0 Å². The van der Waals surface area contributed by atoms with Gasteiger partial charge in [0.25, 0.3) is 0 Å². The van der Waals surface area contributed by atoms with Crippen molar-refractivity contribution in [3.05, 3.63) is 65.2 Å². The molecule has 0 amide bonds. The summed E-state index contributed by atoms with van der Waals surface area (Å²) in [6.45, 7) is 2.16. The van der Waals surface area contributed by atoms with Crippen LogP contribution in [0.5, 0.6) is 5.75 Å². The van der Waals surface area contributed by atoms with Crippen LogP contribution in [-0.2, 0) is 0 Å². The van der Waals surface area contributed by atoms with E-state index in [9.17, 15) is 0 Å². The van der Waals surface area contributed by atoms with Crippen LogP contribution in [0.2, 0.25) is 0 Å². The Labute approximate surface area is 115 Å². The van der Waals surface area contributed by atoms with Gasteiger partial charge in [0.05, 0.1) is 13.2 Å². The van der Waals surface area contributed by atoms with Crippen LogP contribution >= 0.6 is 0 Å². The molecule has 100 valence electrons. The number of hydrogen-bond donors (Lipinski definition) is 0. The van der Waals surface area contributed by atoms with Crippen molar-refractivity contribution in [3.63, 3.8) is 0 Å². The average molecular weight is 255 g/mol. The molecule has 1 unspecified atom stereocenters. The van der Waals surface area contributed by atoms with Gasteiger partial charge in [0, 0.05) is 0 Å². The normalized spacial score (nSPS) is 12.5. The number of rotatable bonds is 4. The first-order valence-electron chi connectivity index (χ1n) is 6.49. The lowest BCUT2D eigenvalue weighted by atomic mass is 9.94. The summed E-state index contributed by atoms with van der Waals surface area (Å²) >= 11 is 0. The summed E-state index contributed by atoms with van der Waals surface area (Å²) in [5, 5.41) is 0. The summed E-state index contributed by atoms with van der Waals surface area (Å²) in [7, 11) is 5.92. The number of benzene rings is 2. The predicted octanol–water partition coefficient (Wildman–Crippen LogP) is 3.65. The largest absolute Gasteiger partial charge is 0.497 e. The minimum atomic E-state index is 0.270. The van der Waals surface area contributed by atoms with E-state index in [1.54, 1.807) is 7.11 Å². The van der Waals surface area contributed by atoms with E-state index in [-0.39, 0.29) is 6.04 Å². The third-order valence-electron chi connectivity index (χ3n) is 3.43. The molecule has 0 N–H and O–H groups in total. The number of ether oxygens (including phenoxy) is 1. The second-order valence-corrected chi connectivity index (χ2v) is 5.00. The molecule has 0 heterocycles. The van der Waals surface area contributed by atoms with Crippen molar-refractivity contribution >= 4 is 0 Å². The van der Waals surface area contributed by atoms with Gasteiger partial charge in [-0.1, -0.05) is 36.4 Å². The van der Waals surface area contributed by atoms with E-state index in [1.165, 1.54) is 16.7 Å². The van der Waals surface area contributed by atoms with Crippen molar-refractivity contribution in [1.29, 1.82) is 0 Å². The summed E-state index contributed by atoms with van der Waals surface area (Å²) in [6.07, 6.45) is 0. The van der Waals surface area contributed by atoms with E-state index in [1.807, 2.05) is 12.1 Å². The van der Waals surface area contributed by atoms with Crippen molar-refractivity contribution in [2.24, 2.45) is 0 Å². The number of hydrogen-bond acceptors (Lipinski definition) is 2. The predicted molar refractivity (Wildman–Crippen MR) is 79.7 cm³/mol. The molecule has 0 bridgehead atoms. The average Bonchev–Trinajstić information content (AvgIpc) is 2.42. The highest BCUT2D eigenvalue weighted by molar-refractivity contribution is 5.38. The number of methoxy groups -OCH3 is 1. The second-order valence-electron chi connectivity index (χ2n) is 5.00. The maximum atomic E-state index is 5.23. The van der Waals surface area contributed by atoms with Gasteiger partial charge in [-0.3, -0.25) is 4.90 Å². The smallest absolute Gasteiger partial charge is 0.118 e. The topological polar surface area (TPSA) is 12.5 Å². The van der Waals surface area contributed by atoms with Crippen LogP contribution in [0, 0.1) is 6.92 Å². The van der Waals surface area contributed by atoms with Gasteiger partial charge in [-0.05, 0) is 49.8 Å². The highest BCUT2D eigenvalue weighted by Gasteiger charge is 2.17. The van der Waals surface area contributed by atoms with Crippen LogP contribution in [-0.4, -0.2) is 26.1 Å². The summed E-state index contributed by atoms with van der Waals surface area (Å²) in [5.41, 5.74) is 3.94. The number of aryl methyl sites for hydroxylation is 1. The van der Waals surface area contributed by atoms with Crippen LogP contribution in [0.25, 0.3) is 0 Å². The fourth-order valence-electron chi connectivity index (χ4n) is 2.44. The first-order chi connectivity index (χ1) is 9.13. The maximum absolute atomic E-state index is 5.23.